The molecule has 1 N–H and O–H groups in total. The monoisotopic (exact) mass is 438 g/mol. The maximum absolute atomic E-state index is 5.99. The van der Waals surface area contributed by atoms with Crippen LogP contribution < -0.4 is 5.32 Å². The van der Waals surface area contributed by atoms with E-state index in [1.807, 2.05) is 0 Å². The summed E-state index contributed by atoms with van der Waals surface area (Å²) in [6.07, 6.45) is 6.52. The highest BCUT2D eigenvalue weighted by atomic mass is 32.2. The summed E-state index contributed by atoms with van der Waals surface area (Å²) < 4.78 is 14.1. The lowest BCUT2D eigenvalue weighted by molar-refractivity contribution is -0.0817. The Hall–Kier alpha value is -1.32. The third kappa shape index (κ3) is 6.34. The van der Waals surface area contributed by atoms with Gasteiger partial charge in [-0.2, -0.15) is 0 Å². The third-order valence-corrected chi connectivity index (χ3v) is 6.12. The van der Waals surface area contributed by atoms with E-state index >= 15 is 0 Å². The molecule has 0 aliphatic carbocycles. The first-order valence-electron chi connectivity index (χ1n) is 11.3. The average molecular weight is 439 g/mol. The lowest BCUT2D eigenvalue weighted by Gasteiger charge is -2.37. The molecule has 170 valence electrons. The van der Waals surface area contributed by atoms with E-state index in [2.05, 4.69) is 52.0 Å². The van der Waals surface area contributed by atoms with E-state index in [-0.39, 0.29) is 12.2 Å². The molecule has 8 nitrogen and oxygen atoms in total. The summed E-state index contributed by atoms with van der Waals surface area (Å²) in [4.78, 5) is 7.23. The minimum atomic E-state index is 0.143. The SMILES string of the molecule is CCNC(=NCCCc1nnc(SC)n1CC(C)C)N1CCOC(C2CCCO2)C1. The van der Waals surface area contributed by atoms with Gasteiger partial charge in [-0.05, 0) is 38.4 Å². The van der Waals surface area contributed by atoms with Gasteiger partial charge in [-0.3, -0.25) is 4.99 Å². The number of ether oxygens (including phenoxy) is 2. The Morgan fingerprint density at radius 2 is 2.10 bits per heavy atom. The van der Waals surface area contributed by atoms with E-state index in [4.69, 9.17) is 14.5 Å². The van der Waals surface area contributed by atoms with E-state index in [1.165, 1.54) is 0 Å². The molecule has 3 rings (SSSR count). The van der Waals surface area contributed by atoms with Gasteiger partial charge in [0, 0.05) is 45.8 Å². The van der Waals surface area contributed by atoms with Crippen molar-refractivity contribution in [3.63, 3.8) is 0 Å². The van der Waals surface area contributed by atoms with Crippen LogP contribution in [0.25, 0.3) is 0 Å². The van der Waals surface area contributed by atoms with Gasteiger partial charge in [0.1, 0.15) is 11.9 Å². The van der Waals surface area contributed by atoms with Gasteiger partial charge < -0.3 is 24.3 Å². The first kappa shape index (κ1) is 23.3. The van der Waals surface area contributed by atoms with Crippen LogP contribution >= 0.6 is 11.8 Å². The highest BCUT2D eigenvalue weighted by molar-refractivity contribution is 7.98. The van der Waals surface area contributed by atoms with Gasteiger partial charge in [0.05, 0.1) is 12.7 Å². The van der Waals surface area contributed by atoms with Gasteiger partial charge in [-0.15, -0.1) is 10.2 Å². The molecule has 2 aliphatic heterocycles. The molecule has 9 heteroatoms. The molecule has 3 heterocycles. The Balaban J connectivity index is 1.55. The molecule has 0 spiro atoms. The molecule has 2 aliphatic rings. The second kappa shape index (κ2) is 11.9. The number of thioether (sulfide) groups is 1. The van der Waals surface area contributed by atoms with Crippen LogP contribution in [-0.2, 0) is 22.4 Å². The number of rotatable bonds is 9. The molecule has 0 amide bonds. The van der Waals surface area contributed by atoms with Crippen LogP contribution in [0.2, 0.25) is 0 Å². The predicted octanol–water partition coefficient (Wildman–Crippen LogP) is 2.43. The maximum Gasteiger partial charge on any atom is 0.194 e. The summed E-state index contributed by atoms with van der Waals surface area (Å²) in [5.41, 5.74) is 0. The number of guanidine groups is 1. The van der Waals surface area contributed by atoms with Crippen LogP contribution in [0, 0.1) is 5.92 Å². The van der Waals surface area contributed by atoms with E-state index in [0.29, 0.717) is 5.92 Å². The number of aromatic nitrogens is 3. The van der Waals surface area contributed by atoms with Crippen LogP contribution in [0.4, 0.5) is 0 Å². The quantitative estimate of drug-likeness (QED) is 0.275. The fourth-order valence-electron chi connectivity index (χ4n) is 4.04. The van der Waals surface area contributed by atoms with Crippen LogP contribution in [0.1, 0.15) is 45.9 Å². The van der Waals surface area contributed by atoms with Crippen molar-refractivity contribution in [3.8, 4) is 0 Å². The van der Waals surface area contributed by atoms with Crippen molar-refractivity contribution >= 4 is 17.7 Å². The van der Waals surface area contributed by atoms with Gasteiger partial charge in [-0.25, -0.2) is 0 Å². The van der Waals surface area contributed by atoms with Crippen LogP contribution in [-0.4, -0.2) is 83.5 Å². The predicted molar refractivity (Wildman–Crippen MR) is 121 cm³/mol. The first-order valence-corrected chi connectivity index (χ1v) is 12.6. The molecule has 0 saturated carbocycles. The molecule has 0 radical (unpaired) electrons. The van der Waals surface area contributed by atoms with Gasteiger partial charge in [-0.1, -0.05) is 25.6 Å². The summed E-state index contributed by atoms with van der Waals surface area (Å²) in [5, 5.41) is 13.2. The molecule has 0 aromatic carbocycles. The third-order valence-electron chi connectivity index (χ3n) is 5.45. The zero-order chi connectivity index (χ0) is 21.3. The molecule has 1 aromatic rings. The average Bonchev–Trinajstić information content (AvgIpc) is 3.40. The molecule has 2 saturated heterocycles. The van der Waals surface area contributed by atoms with Crippen molar-refractivity contribution in [2.45, 2.75) is 70.4 Å². The number of aryl methyl sites for hydroxylation is 1. The van der Waals surface area contributed by atoms with Crippen LogP contribution in [0.3, 0.4) is 0 Å². The maximum atomic E-state index is 5.99. The highest BCUT2D eigenvalue weighted by Crippen LogP contribution is 2.21. The van der Waals surface area contributed by atoms with E-state index in [9.17, 15) is 0 Å². The number of morpholine rings is 1. The fourth-order valence-corrected chi connectivity index (χ4v) is 4.56. The molecule has 0 bridgehead atoms. The summed E-state index contributed by atoms with van der Waals surface area (Å²) in [7, 11) is 0. The minimum Gasteiger partial charge on any atom is -0.375 e. The van der Waals surface area contributed by atoms with Crippen molar-refractivity contribution in [1.82, 2.24) is 25.0 Å². The highest BCUT2D eigenvalue weighted by Gasteiger charge is 2.32. The molecule has 2 atom stereocenters. The number of nitrogens with one attached hydrogen (secondary N) is 1. The van der Waals surface area contributed by atoms with Crippen LogP contribution in [0.5, 0.6) is 0 Å². The number of nitrogens with zero attached hydrogens (tertiary/aromatic N) is 5. The molecule has 30 heavy (non-hydrogen) atoms. The Morgan fingerprint density at radius 3 is 2.80 bits per heavy atom. The summed E-state index contributed by atoms with van der Waals surface area (Å²) in [6, 6.07) is 0. The zero-order valence-corrected chi connectivity index (χ0v) is 19.8. The van der Waals surface area contributed by atoms with Crippen molar-refractivity contribution < 1.29 is 9.47 Å². The number of hydrogen-bond acceptors (Lipinski definition) is 6. The molecule has 1 aromatic heterocycles. The Morgan fingerprint density at radius 1 is 1.27 bits per heavy atom. The number of hydrogen-bond donors (Lipinski definition) is 1. The molecular weight excluding hydrogens is 400 g/mol. The van der Waals surface area contributed by atoms with E-state index in [0.717, 1.165) is 88.6 Å². The van der Waals surface area contributed by atoms with E-state index < -0.39 is 0 Å². The summed E-state index contributed by atoms with van der Waals surface area (Å²) in [6.45, 7) is 12.5. The smallest absolute Gasteiger partial charge is 0.194 e. The summed E-state index contributed by atoms with van der Waals surface area (Å²) in [5.74, 6) is 2.62. The zero-order valence-electron chi connectivity index (χ0n) is 19.0. The first-order chi connectivity index (χ1) is 14.6. The van der Waals surface area contributed by atoms with Crippen LogP contribution in [0.15, 0.2) is 10.1 Å². The largest absolute Gasteiger partial charge is 0.375 e. The van der Waals surface area contributed by atoms with Crippen molar-refractivity contribution in [2.24, 2.45) is 10.9 Å². The van der Waals surface area contributed by atoms with Gasteiger partial charge >= 0.3 is 0 Å². The molecular formula is C21H38N6O2S. The van der Waals surface area contributed by atoms with Gasteiger partial charge in [0.25, 0.3) is 0 Å². The van der Waals surface area contributed by atoms with Gasteiger partial charge in [0.2, 0.25) is 0 Å². The lowest BCUT2D eigenvalue weighted by atomic mass is 10.1. The second-order valence-electron chi connectivity index (χ2n) is 8.35. The van der Waals surface area contributed by atoms with Crippen molar-refractivity contribution in [2.75, 3.05) is 45.6 Å². The Labute approximate surface area is 185 Å². The topological polar surface area (TPSA) is 76.8 Å². The Kier molecular flexibility index (Phi) is 9.27. The lowest BCUT2D eigenvalue weighted by Crippen LogP contribution is -2.53. The molecule has 2 unspecified atom stereocenters. The second-order valence-corrected chi connectivity index (χ2v) is 9.13. The normalized spacial score (nSPS) is 22.8. The van der Waals surface area contributed by atoms with Crippen molar-refractivity contribution in [3.05, 3.63) is 5.82 Å². The number of aliphatic imine (C=N–C) groups is 1. The summed E-state index contributed by atoms with van der Waals surface area (Å²) >= 11 is 1.66. The minimum absolute atomic E-state index is 0.143. The fraction of sp³-hybridized carbons (Fsp3) is 0.857. The van der Waals surface area contributed by atoms with Gasteiger partial charge in [0.15, 0.2) is 11.1 Å². The Bertz CT molecular complexity index is 674. The van der Waals surface area contributed by atoms with Crippen molar-refractivity contribution in [1.29, 1.82) is 0 Å². The molecule has 2 fully saturated rings. The van der Waals surface area contributed by atoms with E-state index in [1.54, 1.807) is 11.8 Å². The standard InChI is InChI=1S/C21H38N6O2S/c1-5-22-20(26-11-13-29-18(15-26)17-8-7-12-28-17)23-10-6-9-19-24-25-21(30-4)27(19)14-16(2)3/h16-18H,5-15H2,1-4H3,(H,22,23).